The topological polar surface area (TPSA) is 38.3 Å². The fourth-order valence-corrected chi connectivity index (χ4v) is 0.918. The summed E-state index contributed by atoms with van der Waals surface area (Å²) in [5.74, 6) is 0.752. The molecule has 0 radical (unpaired) electrons. The maximum absolute atomic E-state index is 11.1. The molecule has 4 heteroatoms. The molecule has 0 heterocycles. The van der Waals surface area contributed by atoms with E-state index >= 15 is 0 Å². The van der Waals surface area contributed by atoms with Crippen LogP contribution in [0.2, 0.25) is 0 Å². The summed E-state index contributed by atoms with van der Waals surface area (Å²) >= 11 is 4.03. The normalized spacial score (nSPS) is 12.6. The first-order valence-corrected chi connectivity index (χ1v) is 4.85. The van der Waals surface area contributed by atoms with Gasteiger partial charge in [0.15, 0.2) is 0 Å². The lowest BCUT2D eigenvalue weighted by Crippen LogP contribution is -2.35. The Hall–Kier alpha value is -0.220. The molecule has 0 saturated carbocycles. The summed E-state index contributed by atoms with van der Waals surface area (Å²) in [5.41, 5.74) is 0. The molecule has 0 rings (SSSR count). The smallest absolute Gasteiger partial charge is 0.248 e. The number of nitrogens with one attached hydrogen (secondary N) is 1. The van der Waals surface area contributed by atoms with Crippen molar-refractivity contribution in [3.63, 3.8) is 0 Å². The lowest BCUT2D eigenvalue weighted by molar-refractivity contribution is -0.131. The van der Waals surface area contributed by atoms with Crippen LogP contribution in [-0.2, 0) is 9.53 Å². The number of amides is 1. The van der Waals surface area contributed by atoms with E-state index in [9.17, 15) is 4.79 Å². The molecular formula is C8H17NO2S. The summed E-state index contributed by atoms with van der Waals surface area (Å²) in [5, 5.41) is 2.76. The van der Waals surface area contributed by atoms with Crippen molar-refractivity contribution >= 4 is 18.5 Å². The predicted octanol–water partition coefficient (Wildman–Crippen LogP) is 0.847. The Kier molecular flexibility index (Phi) is 7.29. The van der Waals surface area contributed by atoms with Gasteiger partial charge in [0.2, 0.25) is 5.91 Å². The fraction of sp³-hybridized carbons (Fsp3) is 0.875. The summed E-state index contributed by atoms with van der Waals surface area (Å²) in [6, 6.07) is 0. The van der Waals surface area contributed by atoms with Gasteiger partial charge >= 0.3 is 0 Å². The third kappa shape index (κ3) is 5.43. The fourth-order valence-electron chi connectivity index (χ4n) is 0.760. The molecule has 0 spiro atoms. The van der Waals surface area contributed by atoms with Crippen molar-refractivity contribution in [1.29, 1.82) is 0 Å². The molecule has 0 aliphatic heterocycles. The van der Waals surface area contributed by atoms with Gasteiger partial charge in [0.1, 0.15) is 6.10 Å². The highest BCUT2D eigenvalue weighted by Gasteiger charge is 2.10. The molecule has 72 valence electrons. The molecule has 0 bridgehead atoms. The van der Waals surface area contributed by atoms with Crippen LogP contribution >= 0.6 is 12.6 Å². The third-order valence-corrected chi connectivity index (χ3v) is 1.74. The molecule has 0 aliphatic rings. The number of rotatable bonds is 6. The second-order valence-electron chi connectivity index (χ2n) is 2.47. The van der Waals surface area contributed by atoms with Crippen molar-refractivity contribution in [3.8, 4) is 0 Å². The largest absolute Gasteiger partial charge is 0.369 e. The van der Waals surface area contributed by atoms with Crippen LogP contribution in [-0.4, -0.2) is 30.9 Å². The Bertz CT molecular complexity index is 130. The Balaban J connectivity index is 3.43. The molecule has 1 N–H and O–H groups in total. The van der Waals surface area contributed by atoms with Gasteiger partial charge < -0.3 is 10.1 Å². The zero-order valence-electron chi connectivity index (χ0n) is 7.67. The van der Waals surface area contributed by atoms with E-state index in [2.05, 4.69) is 17.9 Å². The van der Waals surface area contributed by atoms with Crippen LogP contribution in [0.5, 0.6) is 0 Å². The van der Waals surface area contributed by atoms with Gasteiger partial charge in [0.25, 0.3) is 0 Å². The van der Waals surface area contributed by atoms with Gasteiger partial charge in [-0.1, -0.05) is 0 Å². The lowest BCUT2D eigenvalue weighted by Gasteiger charge is -2.11. The van der Waals surface area contributed by atoms with Crippen molar-refractivity contribution in [2.75, 3.05) is 18.9 Å². The van der Waals surface area contributed by atoms with Gasteiger partial charge in [-0.3, -0.25) is 4.79 Å². The average molecular weight is 191 g/mol. The molecule has 12 heavy (non-hydrogen) atoms. The van der Waals surface area contributed by atoms with Crippen LogP contribution in [0.3, 0.4) is 0 Å². The minimum Gasteiger partial charge on any atom is -0.369 e. The van der Waals surface area contributed by atoms with Gasteiger partial charge in [-0.2, -0.15) is 12.6 Å². The van der Waals surface area contributed by atoms with E-state index in [1.165, 1.54) is 0 Å². The summed E-state index contributed by atoms with van der Waals surface area (Å²) < 4.78 is 5.10. The van der Waals surface area contributed by atoms with E-state index in [0.29, 0.717) is 13.2 Å². The van der Waals surface area contributed by atoms with Crippen molar-refractivity contribution in [2.24, 2.45) is 0 Å². The molecule has 0 saturated heterocycles. The Morgan fingerprint density at radius 1 is 1.67 bits per heavy atom. The average Bonchev–Trinajstić information content (AvgIpc) is 2.05. The first kappa shape index (κ1) is 11.8. The first-order valence-electron chi connectivity index (χ1n) is 4.22. The third-order valence-electron chi connectivity index (χ3n) is 1.42. The first-order chi connectivity index (χ1) is 5.72. The molecule has 0 aromatic rings. The van der Waals surface area contributed by atoms with E-state index in [0.717, 1.165) is 12.2 Å². The standard InChI is InChI=1S/C8H17NO2S/c1-3-11-7(2)8(10)9-5-4-6-12/h7,12H,3-6H2,1-2H3,(H,9,10). The van der Waals surface area contributed by atoms with Crippen LogP contribution in [0, 0.1) is 0 Å². The number of thiol groups is 1. The predicted molar refractivity (Wildman–Crippen MR) is 52.6 cm³/mol. The summed E-state index contributed by atoms with van der Waals surface area (Å²) in [7, 11) is 0. The van der Waals surface area contributed by atoms with Crippen LogP contribution in [0.15, 0.2) is 0 Å². The molecule has 0 aromatic carbocycles. The van der Waals surface area contributed by atoms with Crippen molar-refractivity contribution < 1.29 is 9.53 Å². The highest BCUT2D eigenvalue weighted by molar-refractivity contribution is 7.80. The lowest BCUT2D eigenvalue weighted by atomic mass is 10.3. The number of carbonyl (C=O) groups is 1. The quantitative estimate of drug-likeness (QED) is 0.482. The van der Waals surface area contributed by atoms with Crippen molar-refractivity contribution in [1.82, 2.24) is 5.32 Å². The van der Waals surface area contributed by atoms with Gasteiger partial charge in [0, 0.05) is 13.2 Å². The van der Waals surface area contributed by atoms with Crippen LogP contribution in [0.4, 0.5) is 0 Å². The van der Waals surface area contributed by atoms with Gasteiger partial charge in [0.05, 0.1) is 0 Å². The van der Waals surface area contributed by atoms with Crippen molar-refractivity contribution in [3.05, 3.63) is 0 Å². The highest BCUT2D eigenvalue weighted by Crippen LogP contribution is 1.90. The van der Waals surface area contributed by atoms with Gasteiger partial charge in [-0.25, -0.2) is 0 Å². The van der Waals surface area contributed by atoms with Crippen LogP contribution < -0.4 is 5.32 Å². The number of ether oxygens (including phenoxy) is 1. The van der Waals surface area contributed by atoms with E-state index in [-0.39, 0.29) is 12.0 Å². The van der Waals surface area contributed by atoms with E-state index in [1.54, 1.807) is 6.92 Å². The zero-order chi connectivity index (χ0) is 9.40. The molecule has 0 aromatic heterocycles. The molecule has 0 aliphatic carbocycles. The second kappa shape index (κ2) is 7.43. The Morgan fingerprint density at radius 2 is 2.33 bits per heavy atom. The minimum atomic E-state index is -0.338. The monoisotopic (exact) mass is 191 g/mol. The van der Waals surface area contributed by atoms with Gasteiger partial charge in [-0.05, 0) is 26.0 Å². The van der Waals surface area contributed by atoms with E-state index < -0.39 is 0 Å². The minimum absolute atomic E-state index is 0.0429. The summed E-state index contributed by atoms with van der Waals surface area (Å²) in [4.78, 5) is 11.1. The summed E-state index contributed by atoms with van der Waals surface area (Å²) in [6.45, 7) is 4.87. The number of hydrogen-bond acceptors (Lipinski definition) is 3. The van der Waals surface area contributed by atoms with Crippen LogP contribution in [0.1, 0.15) is 20.3 Å². The highest BCUT2D eigenvalue weighted by atomic mass is 32.1. The molecular weight excluding hydrogens is 174 g/mol. The molecule has 1 atom stereocenters. The van der Waals surface area contributed by atoms with E-state index in [4.69, 9.17) is 4.74 Å². The number of carbonyl (C=O) groups excluding carboxylic acids is 1. The Morgan fingerprint density at radius 3 is 2.83 bits per heavy atom. The SMILES string of the molecule is CCOC(C)C(=O)NCCCS. The molecule has 3 nitrogen and oxygen atoms in total. The zero-order valence-corrected chi connectivity index (χ0v) is 8.56. The maximum Gasteiger partial charge on any atom is 0.248 e. The Labute approximate surface area is 79.3 Å². The van der Waals surface area contributed by atoms with Gasteiger partial charge in [-0.15, -0.1) is 0 Å². The van der Waals surface area contributed by atoms with Crippen molar-refractivity contribution in [2.45, 2.75) is 26.4 Å². The summed E-state index contributed by atoms with van der Waals surface area (Å²) in [6.07, 6.45) is 0.558. The molecule has 0 fully saturated rings. The maximum atomic E-state index is 11.1. The molecule has 1 unspecified atom stereocenters. The van der Waals surface area contributed by atoms with Crippen LogP contribution in [0.25, 0.3) is 0 Å². The van der Waals surface area contributed by atoms with E-state index in [1.807, 2.05) is 6.92 Å². The molecule has 1 amide bonds. The second-order valence-corrected chi connectivity index (χ2v) is 2.91. The number of hydrogen-bond donors (Lipinski definition) is 2.